The number of aldehydes is 1. The standard InChI is InChI=1S/C4H10O3.C2H5NO/c5-1-3-7-4-2-6;3-1-2-4/h5-6H,1-4H2;2H,1,3H2. The molecular weight excluding hydrogens is 150 g/mol. The quantitative estimate of drug-likeness (QED) is 0.328. The summed E-state index contributed by atoms with van der Waals surface area (Å²) in [6.45, 7) is 0.834. The highest BCUT2D eigenvalue weighted by molar-refractivity contribution is 5.51. The first-order valence-electron chi connectivity index (χ1n) is 3.26. The normalized spacial score (nSPS) is 8.27. The molecule has 5 nitrogen and oxygen atoms in total. The molecule has 0 amide bonds. The molecule has 0 aliphatic heterocycles. The lowest BCUT2D eigenvalue weighted by Gasteiger charge is -1.94. The third-order valence-corrected chi connectivity index (χ3v) is 0.567. The van der Waals surface area contributed by atoms with Crippen LogP contribution in [-0.4, -0.2) is 49.5 Å². The molecule has 0 saturated heterocycles. The first-order valence-corrected chi connectivity index (χ1v) is 3.26. The van der Waals surface area contributed by atoms with E-state index >= 15 is 0 Å². The Kier molecular flexibility index (Phi) is 19.4. The Morgan fingerprint density at radius 3 is 1.82 bits per heavy atom. The maximum Gasteiger partial charge on any atom is 0.133 e. The van der Waals surface area contributed by atoms with E-state index in [4.69, 9.17) is 15.0 Å². The Morgan fingerprint density at radius 1 is 1.27 bits per heavy atom. The summed E-state index contributed by atoms with van der Waals surface area (Å²) in [4.78, 5) is 9.05. The molecule has 0 aromatic rings. The minimum Gasteiger partial charge on any atom is -0.394 e. The van der Waals surface area contributed by atoms with Gasteiger partial charge in [0.05, 0.1) is 26.4 Å². The molecule has 0 heterocycles. The molecule has 0 bridgehead atoms. The average molecular weight is 165 g/mol. The Hall–Kier alpha value is -0.490. The Balaban J connectivity index is 0. The number of aliphatic hydroxyl groups excluding tert-OH is 2. The van der Waals surface area contributed by atoms with E-state index in [9.17, 15) is 0 Å². The molecule has 4 N–H and O–H groups in total. The van der Waals surface area contributed by atoms with Crippen molar-refractivity contribution in [2.75, 3.05) is 33.0 Å². The number of carbonyl (C=O) groups is 1. The Labute approximate surface area is 65.8 Å². The summed E-state index contributed by atoms with van der Waals surface area (Å²) in [5.41, 5.74) is 4.66. The van der Waals surface area contributed by atoms with Gasteiger partial charge in [-0.25, -0.2) is 0 Å². The monoisotopic (exact) mass is 165 g/mol. The predicted molar refractivity (Wildman–Crippen MR) is 40.1 cm³/mol. The lowest BCUT2D eigenvalue weighted by atomic mass is 10.7. The Morgan fingerprint density at radius 2 is 1.64 bits per heavy atom. The molecule has 0 atom stereocenters. The van der Waals surface area contributed by atoms with Gasteiger partial charge < -0.3 is 25.5 Å². The van der Waals surface area contributed by atoms with Gasteiger partial charge in [-0.05, 0) is 0 Å². The van der Waals surface area contributed by atoms with Gasteiger partial charge >= 0.3 is 0 Å². The first-order chi connectivity index (χ1) is 5.33. The molecule has 11 heavy (non-hydrogen) atoms. The zero-order chi connectivity index (χ0) is 8.95. The summed E-state index contributed by atoms with van der Waals surface area (Å²) in [7, 11) is 0. The fraction of sp³-hybridized carbons (Fsp3) is 0.833. The van der Waals surface area contributed by atoms with E-state index < -0.39 is 0 Å². The third kappa shape index (κ3) is 26.4. The van der Waals surface area contributed by atoms with Crippen LogP contribution in [0.15, 0.2) is 0 Å². The number of rotatable bonds is 5. The molecule has 0 aromatic heterocycles. The van der Waals surface area contributed by atoms with Gasteiger partial charge in [-0.3, -0.25) is 0 Å². The molecule has 0 radical (unpaired) electrons. The summed E-state index contributed by atoms with van der Waals surface area (Å²) in [6, 6.07) is 0. The minimum absolute atomic E-state index is 0.0278. The molecule has 0 aliphatic carbocycles. The largest absolute Gasteiger partial charge is 0.394 e. The minimum atomic E-state index is 0.0278. The van der Waals surface area contributed by atoms with Gasteiger partial charge in [-0.1, -0.05) is 0 Å². The SMILES string of the molecule is NCC=O.OCCOCCO. The smallest absolute Gasteiger partial charge is 0.133 e. The van der Waals surface area contributed by atoms with Crippen LogP contribution in [0.1, 0.15) is 0 Å². The van der Waals surface area contributed by atoms with Crippen LogP contribution in [0.4, 0.5) is 0 Å². The van der Waals surface area contributed by atoms with Crippen molar-refractivity contribution in [3.63, 3.8) is 0 Å². The molecular formula is C6H15NO4. The van der Waals surface area contributed by atoms with Crippen molar-refractivity contribution >= 4 is 6.29 Å². The van der Waals surface area contributed by atoms with E-state index in [-0.39, 0.29) is 19.8 Å². The summed E-state index contributed by atoms with van der Waals surface area (Å²) < 4.78 is 4.63. The number of hydrogen-bond donors (Lipinski definition) is 3. The maximum atomic E-state index is 9.05. The average Bonchev–Trinajstić information content (AvgIpc) is 2.06. The number of ether oxygens (including phenoxy) is 1. The van der Waals surface area contributed by atoms with Crippen LogP contribution in [0.25, 0.3) is 0 Å². The van der Waals surface area contributed by atoms with Crippen molar-refractivity contribution in [2.24, 2.45) is 5.73 Å². The van der Waals surface area contributed by atoms with E-state index in [1.165, 1.54) is 0 Å². The number of nitrogens with two attached hydrogens (primary N) is 1. The zero-order valence-corrected chi connectivity index (χ0v) is 6.40. The van der Waals surface area contributed by atoms with Crippen LogP contribution in [0.5, 0.6) is 0 Å². The van der Waals surface area contributed by atoms with Gasteiger partial charge in [0.1, 0.15) is 6.29 Å². The van der Waals surface area contributed by atoms with E-state index in [1.807, 2.05) is 0 Å². The third-order valence-electron chi connectivity index (χ3n) is 0.567. The van der Waals surface area contributed by atoms with Crippen LogP contribution < -0.4 is 5.73 Å². The fourth-order valence-corrected chi connectivity index (χ4v) is 0.231. The van der Waals surface area contributed by atoms with Gasteiger partial charge in [0.2, 0.25) is 0 Å². The van der Waals surface area contributed by atoms with Gasteiger partial charge in [0.25, 0.3) is 0 Å². The molecule has 0 rings (SSSR count). The van der Waals surface area contributed by atoms with Crippen LogP contribution in [0, 0.1) is 0 Å². The summed E-state index contributed by atoms with van der Waals surface area (Å²) in [6.07, 6.45) is 0.653. The highest BCUT2D eigenvalue weighted by Crippen LogP contribution is 1.68. The van der Waals surface area contributed by atoms with Gasteiger partial charge in [0, 0.05) is 6.54 Å². The van der Waals surface area contributed by atoms with Crippen LogP contribution in [-0.2, 0) is 9.53 Å². The van der Waals surface area contributed by atoms with Gasteiger partial charge in [-0.15, -0.1) is 0 Å². The van der Waals surface area contributed by atoms with Crippen LogP contribution in [0.3, 0.4) is 0 Å². The maximum absolute atomic E-state index is 9.05. The topological polar surface area (TPSA) is 92.8 Å². The van der Waals surface area contributed by atoms with E-state index in [0.717, 1.165) is 0 Å². The van der Waals surface area contributed by atoms with Crippen molar-refractivity contribution in [3.05, 3.63) is 0 Å². The van der Waals surface area contributed by atoms with Gasteiger partial charge in [-0.2, -0.15) is 0 Å². The van der Waals surface area contributed by atoms with Crippen LogP contribution in [0.2, 0.25) is 0 Å². The molecule has 0 aliphatic rings. The second-order valence-electron chi connectivity index (χ2n) is 1.46. The highest BCUT2D eigenvalue weighted by atomic mass is 16.5. The summed E-state index contributed by atoms with van der Waals surface area (Å²) >= 11 is 0. The van der Waals surface area contributed by atoms with E-state index in [0.29, 0.717) is 19.5 Å². The Bertz CT molecular complexity index is 65.6. The molecule has 0 unspecified atom stereocenters. The fourth-order valence-electron chi connectivity index (χ4n) is 0.231. The van der Waals surface area contributed by atoms with E-state index in [1.54, 1.807) is 0 Å². The van der Waals surface area contributed by atoms with Crippen LogP contribution >= 0.6 is 0 Å². The van der Waals surface area contributed by atoms with Crippen molar-refractivity contribution in [1.29, 1.82) is 0 Å². The first kappa shape index (κ1) is 13.1. The summed E-state index contributed by atoms with van der Waals surface area (Å²) in [5, 5.41) is 16.2. The second-order valence-corrected chi connectivity index (χ2v) is 1.46. The molecule has 5 heteroatoms. The lowest BCUT2D eigenvalue weighted by Crippen LogP contribution is -2.03. The van der Waals surface area contributed by atoms with Crippen molar-refractivity contribution < 1.29 is 19.7 Å². The molecule has 68 valence electrons. The predicted octanol–water partition coefficient (Wildman–Crippen LogP) is -1.87. The molecule has 0 saturated carbocycles. The molecule has 0 fully saturated rings. The molecule has 0 aromatic carbocycles. The van der Waals surface area contributed by atoms with Gasteiger partial charge in [0.15, 0.2) is 0 Å². The second kappa shape index (κ2) is 16.3. The highest BCUT2D eigenvalue weighted by Gasteiger charge is 1.79. The number of carbonyl (C=O) groups excluding carboxylic acids is 1. The van der Waals surface area contributed by atoms with Crippen molar-refractivity contribution in [3.8, 4) is 0 Å². The number of aliphatic hydroxyl groups is 2. The summed E-state index contributed by atoms with van der Waals surface area (Å²) in [5.74, 6) is 0. The van der Waals surface area contributed by atoms with Crippen molar-refractivity contribution in [1.82, 2.24) is 0 Å². The lowest BCUT2D eigenvalue weighted by molar-refractivity contribution is -0.106. The van der Waals surface area contributed by atoms with Crippen molar-refractivity contribution in [2.45, 2.75) is 0 Å². The van der Waals surface area contributed by atoms with E-state index in [2.05, 4.69) is 10.5 Å². The zero-order valence-electron chi connectivity index (χ0n) is 6.40. The number of hydrogen-bond acceptors (Lipinski definition) is 5. The molecule has 0 spiro atoms.